The van der Waals surface area contributed by atoms with Crippen LogP contribution in [0.15, 0.2) is 72.1 Å². The zero-order valence-corrected chi connectivity index (χ0v) is 26.9. The predicted molar refractivity (Wildman–Crippen MR) is 176 cm³/mol. The molecule has 3 atom stereocenters. The van der Waals surface area contributed by atoms with Gasteiger partial charge in [-0.1, -0.05) is 24.3 Å². The topological polar surface area (TPSA) is 113 Å². The lowest BCUT2D eigenvalue weighted by atomic mass is 10.0. The molecular formula is C35H40N4O5S. The molecule has 5 rings (SSSR count). The second-order valence-electron chi connectivity index (χ2n) is 11.4. The van der Waals surface area contributed by atoms with Crippen LogP contribution in [0.1, 0.15) is 68.4 Å². The average molecular weight is 629 g/mol. The van der Waals surface area contributed by atoms with Gasteiger partial charge in [0, 0.05) is 54.9 Å². The fourth-order valence-corrected chi connectivity index (χ4v) is 6.46. The van der Waals surface area contributed by atoms with E-state index in [9.17, 15) is 14.7 Å². The fourth-order valence-electron chi connectivity index (χ4n) is 5.54. The Bertz CT molecular complexity index is 1640. The summed E-state index contributed by atoms with van der Waals surface area (Å²) >= 11 is 1.55. The van der Waals surface area contributed by atoms with Gasteiger partial charge in [-0.15, -0.1) is 11.3 Å². The molecular weight excluding hydrogens is 588 g/mol. The Balaban J connectivity index is 1.15. The van der Waals surface area contributed by atoms with Crippen LogP contribution in [-0.4, -0.2) is 59.7 Å². The summed E-state index contributed by atoms with van der Waals surface area (Å²) in [4.78, 5) is 33.2. The van der Waals surface area contributed by atoms with Crippen LogP contribution in [0.25, 0.3) is 0 Å². The van der Waals surface area contributed by atoms with E-state index in [2.05, 4.69) is 15.6 Å². The highest BCUT2D eigenvalue weighted by Crippen LogP contribution is 2.36. The maximum Gasteiger partial charge on any atom is 0.254 e. The number of carbonyl (C=O) groups excluding carboxylic acids is 2. The molecule has 2 heterocycles. The van der Waals surface area contributed by atoms with Gasteiger partial charge in [0.25, 0.3) is 11.8 Å². The number of ether oxygens (including phenoxy) is 2. The van der Waals surface area contributed by atoms with Crippen molar-refractivity contribution in [2.45, 2.75) is 57.8 Å². The molecule has 10 heteroatoms. The van der Waals surface area contributed by atoms with E-state index in [0.717, 1.165) is 27.6 Å². The van der Waals surface area contributed by atoms with Crippen molar-refractivity contribution in [3.05, 3.63) is 105 Å². The van der Waals surface area contributed by atoms with Crippen molar-refractivity contribution >= 4 is 28.8 Å². The van der Waals surface area contributed by atoms with Crippen molar-refractivity contribution in [2.24, 2.45) is 0 Å². The lowest BCUT2D eigenvalue weighted by Gasteiger charge is -2.23. The molecule has 0 aliphatic carbocycles. The van der Waals surface area contributed by atoms with Crippen LogP contribution < -0.4 is 15.4 Å². The number of hydrogen-bond donors (Lipinski definition) is 3. The molecule has 0 bridgehead atoms. The van der Waals surface area contributed by atoms with Gasteiger partial charge < -0.3 is 30.1 Å². The normalized spacial score (nSPS) is 16.8. The van der Waals surface area contributed by atoms with Crippen LogP contribution >= 0.6 is 11.3 Å². The van der Waals surface area contributed by atoms with Gasteiger partial charge >= 0.3 is 0 Å². The minimum atomic E-state index is -0.236. The van der Waals surface area contributed by atoms with Gasteiger partial charge in [0.05, 0.1) is 24.9 Å². The Morgan fingerprint density at radius 1 is 1.07 bits per heavy atom. The van der Waals surface area contributed by atoms with Crippen LogP contribution in [0.2, 0.25) is 0 Å². The Hall–Kier alpha value is -4.41. The number of aromatic nitrogens is 1. The zero-order chi connectivity index (χ0) is 31.9. The third kappa shape index (κ3) is 8.01. The summed E-state index contributed by atoms with van der Waals surface area (Å²) in [6, 6.07) is 20.0. The number of hydrogen-bond acceptors (Lipinski definition) is 8. The standard InChI is InChI=1S/C35H40N4O5S/c1-22(11-12-24-13-14-30(32(40)16-24)36-19-25-7-5-10-28(15-25)43-3)37-33(41)26-8-6-9-27(17-26)35(42)39-20-29(44-4)18-31(39)34-38-23(2)21-45-34/h5-10,13-17,21-22,29,31,36,40H,11-12,18-20H2,1-4H3,(H,37,41)/t22-,29+,31+/m0/s1. The molecule has 1 fully saturated rings. The summed E-state index contributed by atoms with van der Waals surface area (Å²) in [5.74, 6) is 0.585. The summed E-state index contributed by atoms with van der Waals surface area (Å²) in [5.41, 5.74) is 4.49. The molecule has 0 radical (unpaired) electrons. The van der Waals surface area contributed by atoms with Crippen molar-refractivity contribution in [1.29, 1.82) is 0 Å². The molecule has 45 heavy (non-hydrogen) atoms. The number of anilines is 1. The Morgan fingerprint density at radius 3 is 2.60 bits per heavy atom. The molecule has 236 valence electrons. The van der Waals surface area contributed by atoms with Crippen molar-refractivity contribution in [1.82, 2.24) is 15.2 Å². The molecule has 1 saturated heterocycles. The van der Waals surface area contributed by atoms with Gasteiger partial charge in [-0.25, -0.2) is 4.98 Å². The summed E-state index contributed by atoms with van der Waals surface area (Å²) in [5, 5.41) is 19.8. The van der Waals surface area contributed by atoms with E-state index >= 15 is 0 Å². The minimum absolute atomic E-state index is 0.0659. The molecule has 1 aliphatic rings. The number of likely N-dealkylation sites (tertiary alicyclic amines) is 1. The van der Waals surface area contributed by atoms with E-state index in [0.29, 0.717) is 49.2 Å². The highest BCUT2D eigenvalue weighted by Gasteiger charge is 2.38. The SMILES string of the molecule is COc1cccc(CNc2ccc(CC[C@H](C)NC(=O)c3cccc(C(=O)N4C[C@H](OC)C[C@@H]4c4nc(C)cs4)c3)cc2O)c1. The maximum absolute atomic E-state index is 13.6. The van der Waals surface area contributed by atoms with Gasteiger partial charge in [0.15, 0.2) is 0 Å². The van der Waals surface area contributed by atoms with E-state index in [1.54, 1.807) is 60.8 Å². The molecule has 0 saturated carbocycles. The maximum atomic E-state index is 13.6. The molecule has 3 aromatic carbocycles. The largest absolute Gasteiger partial charge is 0.506 e. The second kappa shape index (κ2) is 14.6. The first-order valence-electron chi connectivity index (χ1n) is 15.1. The highest BCUT2D eigenvalue weighted by molar-refractivity contribution is 7.09. The van der Waals surface area contributed by atoms with Crippen LogP contribution in [0.4, 0.5) is 5.69 Å². The number of nitrogens with zero attached hydrogens (tertiary/aromatic N) is 2. The molecule has 0 spiro atoms. The first-order valence-corrected chi connectivity index (χ1v) is 16.0. The van der Waals surface area contributed by atoms with Gasteiger partial charge in [0.2, 0.25) is 0 Å². The monoisotopic (exact) mass is 628 g/mol. The van der Waals surface area contributed by atoms with Gasteiger partial charge in [0.1, 0.15) is 16.5 Å². The smallest absolute Gasteiger partial charge is 0.254 e. The Labute approximate surface area is 268 Å². The number of amides is 2. The van der Waals surface area contributed by atoms with Gasteiger partial charge in [-0.3, -0.25) is 9.59 Å². The van der Waals surface area contributed by atoms with Gasteiger partial charge in [-0.2, -0.15) is 0 Å². The first-order chi connectivity index (χ1) is 21.7. The fraction of sp³-hybridized carbons (Fsp3) is 0.343. The van der Waals surface area contributed by atoms with Crippen LogP contribution in [0.3, 0.4) is 0 Å². The van der Waals surface area contributed by atoms with E-state index in [1.807, 2.05) is 55.6 Å². The number of phenols is 1. The van der Waals surface area contributed by atoms with E-state index < -0.39 is 0 Å². The molecule has 1 aromatic heterocycles. The average Bonchev–Trinajstić information content (AvgIpc) is 3.69. The molecule has 9 nitrogen and oxygen atoms in total. The molecule has 4 aromatic rings. The van der Waals surface area contributed by atoms with Crippen molar-refractivity contribution in [2.75, 3.05) is 26.1 Å². The lowest BCUT2D eigenvalue weighted by molar-refractivity contribution is 0.0688. The number of methoxy groups -OCH3 is 2. The number of nitrogens with one attached hydrogen (secondary N) is 2. The number of carbonyl (C=O) groups is 2. The molecule has 1 aliphatic heterocycles. The summed E-state index contributed by atoms with van der Waals surface area (Å²) in [6.07, 6.45) is 1.98. The third-order valence-electron chi connectivity index (χ3n) is 8.07. The first kappa shape index (κ1) is 32.0. The number of thiazole rings is 1. The summed E-state index contributed by atoms with van der Waals surface area (Å²) < 4.78 is 10.9. The van der Waals surface area contributed by atoms with Crippen molar-refractivity contribution in [3.8, 4) is 11.5 Å². The number of aryl methyl sites for hydroxylation is 2. The quantitative estimate of drug-likeness (QED) is 0.162. The number of phenolic OH excluding ortho intramolecular Hbond substituents is 1. The zero-order valence-electron chi connectivity index (χ0n) is 26.1. The number of aromatic hydroxyl groups is 1. The van der Waals surface area contributed by atoms with E-state index in [1.165, 1.54) is 0 Å². The Kier molecular flexibility index (Phi) is 10.4. The number of benzene rings is 3. The molecule has 0 unspecified atom stereocenters. The van der Waals surface area contributed by atoms with E-state index in [4.69, 9.17) is 9.47 Å². The molecule has 3 N–H and O–H groups in total. The minimum Gasteiger partial charge on any atom is -0.506 e. The van der Waals surface area contributed by atoms with Crippen LogP contribution in [0, 0.1) is 6.92 Å². The summed E-state index contributed by atoms with van der Waals surface area (Å²) in [7, 11) is 3.30. The highest BCUT2D eigenvalue weighted by atomic mass is 32.1. The van der Waals surface area contributed by atoms with Crippen molar-refractivity contribution < 1.29 is 24.2 Å². The van der Waals surface area contributed by atoms with Gasteiger partial charge in [-0.05, 0) is 80.3 Å². The predicted octanol–water partition coefficient (Wildman–Crippen LogP) is 6.13. The van der Waals surface area contributed by atoms with Crippen LogP contribution in [0.5, 0.6) is 11.5 Å². The summed E-state index contributed by atoms with van der Waals surface area (Å²) in [6.45, 7) is 4.92. The van der Waals surface area contributed by atoms with Crippen LogP contribution in [-0.2, 0) is 17.7 Å². The number of rotatable bonds is 12. The third-order valence-corrected chi connectivity index (χ3v) is 9.14. The van der Waals surface area contributed by atoms with Crippen molar-refractivity contribution in [3.63, 3.8) is 0 Å². The molecule has 2 amide bonds. The lowest BCUT2D eigenvalue weighted by Crippen LogP contribution is -2.34. The second-order valence-corrected chi connectivity index (χ2v) is 12.3. The van der Waals surface area contributed by atoms with E-state index in [-0.39, 0.29) is 35.8 Å². The Morgan fingerprint density at radius 2 is 1.87 bits per heavy atom.